The summed E-state index contributed by atoms with van der Waals surface area (Å²) in [6.45, 7) is 7.57. The average Bonchev–Trinajstić information content (AvgIpc) is 2.95. The SMILES string of the molecule is CC(C)(C)c1ccc(C(O)CNCc2cc(C(N)=O)cs2)cc1. The van der Waals surface area contributed by atoms with E-state index in [1.807, 2.05) is 12.1 Å². The maximum absolute atomic E-state index is 11.0. The minimum absolute atomic E-state index is 0.110. The second kappa shape index (κ2) is 7.25. The highest BCUT2D eigenvalue weighted by Gasteiger charge is 2.14. The molecule has 124 valence electrons. The van der Waals surface area contributed by atoms with Crippen LogP contribution >= 0.6 is 11.3 Å². The number of amides is 1. The number of rotatable bonds is 6. The molecular formula is C18H24N2O2S. The van der Waals surface area contributed by atoms with Crippen LogP contribution in [-0.4, -0.2) is 17.6 Å². The van der Waals surface area contributed by atoms with Gasteiger partial charge in [0.05, 0.1) is 11.7 Å². The van der Waals surface area contributed by atoms with E-state index in [0.29, 0.717) is 18.7 Å². The molecule has 4 nitrogen and oxygen atoms in total. The highest BCUT2D eigenvalue weighted by molar-refractivity contribution is 7.10. The van der Waals surface area contributed by atoms with Crippen molar-refractivity contribution in [3.05, 3.63) is 57.3 Å². The zero-order valence-electron chi connectivity index (χ0n) is 13.8. The monoisotopic (exact) mass is 332 g/mol. The first-order valence-electron chi connectivity index (χ1n) is 7.64. The Labute approximate surface area is 141 Å². The number of primary amides is 1. The number of aliphatic hydroxyl groups is 1. The van der Waals surface area contributed by atoms with E-state index in [0.717, 1.165) is 10.4 Å². The number of hydrogen-bond donors (Lipinski definition) is 3. The molecular weight excluding hydrogens is 308 g/mol. The fourth-order valence-corrected chi connectivity index (χ4v) is 3.10. The minimum Gasteiger partial charge on any atom is -0.387 e. The Bertz CT molecular complexity index is 656. The maximum Gasteiger partial charge on any atom is 0.249 e. The number of nitrogens with two attached hydrogens (primary N) is 1. The molecule has 1 aromatic carbocycles. The smallest absolute Gasteiger partial charge is 0.249 e. The first-order chi connectivity index (χ1) is 10.8. The molecule has 2 rings (SSSR count). The van der Waals surface area contributed by atoms with Gasteiger partial charge in [-0.25, -0.2) is 0 Å². The number of benzene rings is 1. The van der Waals surface area contributed by atoms with Gasteiger partial charge in [0, 0.05) is 23.3 Å². The molecule has 23 heavy (non-hydrogen) atoms. The Balaban J connectivity index is 1.86. The molecule has 0 saturated carbocycles. The number of aliphatic hydroxyl groups excluding tert-OH is 1. The van der Waals surface area contributed by atoms with Crippen molar-refractivity contribution in [2.45, 2.75) is 38.8 Å². The molecule has 1 atom stereocenters. The summed E-state index contributed by atoms with van der Waals surface area (Å²) in [5, 5.41) is 15.2. The molecule has 1 amide bonds. The zero-order valence-corrected chi connectivity index (χ0v) is 14.6. The van der Waals surface area contributed by atoms with Crippen LogP contribution in [0.1, 0.15) is 53.2 Å². The van der Waals surface area contributed by atoms with Crippen molar-refractivity contribution in [3.63, 3.8) is 0 Å². The molecule has 1 heterocycles. The molecule has 1 aromatic heterocycles. The van der Waals surface area contributed by atoms with E-state index < -0.39 is 12.0 Å². The van der Waals surface area contributed by atoms with E-state index in [-0.39, 0.29) is 5.41 Å². The van der Waals surface area contributed by atoms with Crippen LogP contribution in [0, 0.1) is 0 Å². The van der Waals surface area contributed by atoms with Crippen LogP contribution in [-0.2, 0) is 12.0 Å². The number of nitrogens with one attached hydrogen (secondary N) is 1. The van der Waals surface area contributed by atoms with Gasteiger partial charge in [-0.3, -0.25) is 4.79 Å². The number of hydrogen-bond acceptors (Lipinski definition) is 4. The average molecular weight is 332 g/mol. The van der Waals surface area contributed by atoms with Crippen molar-refractivity contribution in [1.29, 1.82) is 0 Å². The van der Waals surface area contributed by atoms with Gasteiger partial charge in [0.25, 0.3) is 0 Å². The van der Waals surface area contributed by atoms with Crippen LogP contribution in [0.25, 0.3) is 0 Å². The van der Waals surface area contributed by atoms with Crippen molar-refractivity contribution in [2.24, 2.45) is 5.73 Å². The first kappa shape index (κ1) is 17.7. The molecule has 0 aliphatic heterocycles. The molecule has 0 aliphatic carbocycles. The summed E-state index contributed by atoms with van der Waals surface area (Å²) in [6.07, 6.45) is -0.556. The summed E-state index contributed by atoms with van der Waals surface area (Å²) in [5.41, 5.74) is 8.02. The Kier molecular flexibility index (Phi) is 5.57. The molecule has 0 saturated heterocycles. The van der Waals surface area contributed by atoms with Crippen molar-refractivity contribution in [1.82, 2.24) is 5.32 Å². The molecule has 0 spiro atoms. The summed E-state index contributed by atoms with van der Waals surface area (Å²) < 4.78 is 0. The Morgan fingerprint density at radius 3 is 2.48 bits per heavy atom. The van der Waals surface area contributed by atoms with Crippen LogP contribution in [0.4, 0.5) is 0 Å². The lowest BCUT2D eigenvalue weighted by molar-refractivity contribution is 0.100. The lowest BCUT2D eigenvalue weighted by Gasteiger charge is -2.20. The fourth-order valence-electron chi connectivity index (χ4n) is 2.26. The van der Waals surface area contributed by atoms with E-state index >= 15 is 0 Å². The van der Waals surface area contributed by atoms with Crippen LogP contribution < -0.4 is 11.1 Å². The quantitative estimate of drug-likeness (QED) is 0.761. The first-order valence-corrected chi connectivity index (χ1v) is 8.52. The van der Waals surface area contributed by atoms with Crippen molar-refractivity contribution in [2.75, 3.05) is 6.54 Å². The normalized spacial score (nSPS) is 13.0. The highest BCUT2D eigenvalue weighted by Crippen LogP contribution is 2.24. The van der Waals surface area contributed by atoms with Crippen LogP contribution in [0.15, 0.2) is 35.7 Å². The third kappa shape index (κ3) is 4.89. The van der Waals surface area contributed by atoms with Gasteiger partial charge < -0.3 is 16.2 Å². The van der Waals surface area contributed by atoms with E-state index in [1.165, 1.54) is 16.9 Å². The highest BCUT2D eigenvalue weighted by atomic mass is 32.1. The summed E-state index contributed by atoms with van der Waals surface area (Å²) in [4.78, 5) is 12.1. The van der Waals surface area contributed by atoms with Crippen LogP contribution in [0.5, 0.6) is 0 Å². The molecule has 0 aliphatic rings. The molecule has 0 bridgehead atoms. The van der Waals surface area contributed by atoms with Gasteiger partial charge >= 0.3 is 0 Å². The van der Waals surface area contributed by atoms with Gasteiger partial charge in [0.1, 0.15) is 0 Å². The number of carbonyl (C=O) groups excluding carboxylic acids is 1. The van der Waals surface area contributed by atoms with Gasteiger partial charge in [-0.2, -0.15) is 0 Å². The standard InChI is InChI=1S/C18H24N2O2S/c1-18(2,3)14-6-4-12(5-7-14)16(21)10-20-9-15-8-13(11-23-15)17(19)22/h4-8,11,16,20-21H,9-10H2,1-3H3,(H2,19,22). The molecule has 5 heteroatoms. The molecule has 0 fully saturated rings. The predicted octanol–water partition coefficient (Wildman–Crippen LogP) is 2.97. The zero-order chi connectivity index (χ0) is 17.0. The predicted molar refractivity (Wildman–Crippen MR) is 94.6 cm³/mol. The lowest BCUT2D eigenvalue weighted by atomic mass is 9.86. The number of carbonyl (C=O) groups is 1. The summed E-state index contributed by atoms with van der Waals surface area (Å²) in [5.74, 6) is -0.411. The summed E-state index contributed by atoms with van der Waals surface area (Å²) >= 11 is 1.49. The van der Waals surface area contributed by atoms with E-state index in [4.69, 9.17) is 5.73 Å². The topological polar surface area (TPSA) is 75.3 Å². The van der Waals surface area contributed by atoms with Gasteiger partial charge in [-0.1, -0.05) is 45.0 Å². The van der Waals surface area contributed by atoms with E-state index in [1.54, 1.807) is 11.4 Å². The third-order valence-corrected chi connectivity index (χ3v) is 4.67. The largest absolute Gasteiger partial charge is 0.387 e. The molecule has 0 radical (unpaired) electrons. The van der Waals surface area contributed by atoms with Crippen molar-refractivity contribution in [3.8, 4) is 0 Å². The summed E-state index contributed by atoms with van der Waals surface area (Å²) in [6, 6.07) is 9.87. The third-order valence-electron chi connectivity index (χ3n) is 3.74. The lowest BCUT2D eigenvalue weighted by Crippen LogP contribution is -2.21. The van der Waals surface area contributed by atoms with E-state index in [9.17, 15) is 9.90 Å². The fraction of sp³-hybridized carbons (Fsp3) is 0.389. The number of thiophene rings is 1. The van der Waals surface area contributed by atoms with Crippen molar-refractivity contribution < 1.29 is 9.90 Å². The van der Waals surface area contributed by atoms with E-state index in [2.05, 4.69) is 38.2 Å². The molecule has 2 aromatic rings. The molecule has 4 N–H and O–H groups in total. The van der Waals surface area contributed by atoms with Gasteiger partial charge in [-0.05, 0) is 22.6 Å². The Morgan fingerprint density at radius 1 is 1.30 bits per heavy atom. The maximum atomic E-state index is 11.0. The Hall–Kier alpha value is -1.69. The minimum atomic E-state index is -0.556. The Morgan fingerprint density at radius 2 is 1.96 bits per heavy atom. The van der Waals surface area contributed by atoms with Gasteiger partial charge in [-0.15, -0.1) is 11.3 Å². The van der Waals surface area contributed by atoms with Crippen LogP contribution in [0.2, 0.25) is 0 Å². The molecule has 1 unspecified atom stereocenters. The second-order valence-corrected chi connectivity index (χ2v) is 7.68. The van der Waals surface area contributed by atoms with Crippen LogP contribution in [0.3, 0.4) is 0 Å². The van der Waals surface area contributed by atoms with Gasteiger partial charge in [0.2, 0.25) is 5.91 Å². The van der Waals surface area contributed by atoms with Crippen molar-refractivity contribution >= 4 is 17.2 Å². The summed E-state index contributed by atoms with van der Waals surface area (Å²) in [7, 11) is 0. The second-order valence-electron chi connectivity index (χ2n) is 6.68. The van der Waals surface area contributed by atoms with Gasteiger partial charge in [0.15, 0.2) is 0 Å².